The second-order valence-electron chi connectivity index (χ2n) is 3.17. The minimum atomic E-state index is -0.304. The van der Waals surface area contributed by atoms with Gasteiger partial charge in [0.1, 0.15) is 0 Å². The summed E-state index contributed by atoms with van der Waals surface area (Å²) in [6.07, 6.45) is 0. The number of rotatable bonds is 2. The topological polar surface area (TPSA) is 77.8 Å². The summed E-state index contributed by atoms with van der Waals surface area (Å²) in [6.45, 7) is 2.40. The normalized spacial score (nSPS) is 10.5. The van der Waals surface area contributed by atoms with Gasteiger partial charge in [-0.3, -0.25) is 4.79 Å². The van der Waals surface area contributed by atoms with Gasteiger partial charge in [-0.2, -0.15) is 0 Å². The number of nitrogens with one attached hydrogen (secondary N) is 3. The van der Waals surface area contributed by atoms with E-state index in [-0.39, 0.29) is 11.6 Å². The summed E-state index contributed by atoms with van der Waals surface area (Å²) >= 11 is 0. The number of carbonyl (C=O) groups excluding carboxylic acids is 1. The monoisotopic (exact) mass is 205 g/mol. The molecule has 0 aliphatic carbocycles. The Hall–Kier alpha value is -2.04. The Bertz CT molecular complexity index is 553. The third-order valence-corrected chi connectivity index (χ3v) is 2.13. The van der Waals surface area contributed by atoms with Crippen LogP contribution in [0.3, 0.4) is 0 Å². The second kappa shape index (κ2) is 3.61. The lowest BCUT2D eigenvalue weighted by molar-refractivity contribution is 0.0957. The maximum Gasteiger partial charge on any atom is 0.323 e. The minimum absolute atomic E-state index is 0.182. The molecule has 3 N–H and O–H groups in total. The van der Waals surface area contributed by atoms with E-state index >= 15 is 0 Å². The number of para-hydroxylation sites is 1. The van der Waals surface area contributed by atoms with E-state index in [1.165, 1.54) is 0 Å². The minimum Gasteiger partial charge on any atom is -0.352 e. The van der Waals surface area contributed by atoms with Crippen LogP contribution < -0.4 is 11.0 Å². The summed E-state index contributed by atoms with van der Waals surface area (Å²) < 4.78 is 0. The molecule has 5 heteroatoms. The van der Waals surface area contributed by atoms with Gasteiger partial charge in [-0.05, 0) is 19.1 Å². The number of aromatic amines is 2. The summed E-state index contributed by atoms with van der Waals surface area (Å²) in [5, 5.41) is 2.69. The Morgan fingerprint density at radius 1 is 1.40 bits per heavy atom. The van der Waals surface area contributed by atoms with Crippen molar-refractivity contribution in [3.8, 4) is 0 Å². The molecule has 0 radical (unpaired) electrons. The molecule has 5 nitrogen and oxygen atoms in total. The molecular formula is C10H11N3O2. The molecule has 1 heterocycles. The third-order valence-electron chi connectivity index (χ3n) is 2.13. The van der Waals surface area contributed by atoms with Gasteiger partial charge in [0.2, 0.25) is 0 Å². The zero-order valence-electron chi connectivity index (χ0n) is 8.26. The van der Waals surface area contributed by atoms with Crippen LogP contribution in [0.5, 0.6) is 0 Å². The van der Waals surface area contributed by atoms with Crippen molar-refractivity contribution in [1.82, 2.24) is 15.3 Å². The third kappa shape index (κ3) is 1.63. The van der Waals surface area contributed by atoms with Crippen molar-refractivity contribution in [3.63, 3.8) is 0 Å². The van der Waals surface area contributed by atoms with Crippen LogP contribution in [-0.4, -0.2) is 22.4 Å². The average molecular weight is 205 g/mol. The van der Waals surface area contributed by atoms with E-state index < -0.39 is 0 Å². The molecule has 78 valence electrons. The number of imidazole rings is 1. The first-order valence-corrected chi connectivity index (χ1v) is 4.71. The molecule has 0 spiro atoms. The van der Waals surface area contributed by atoms with Crippen molar-refractivity contribution < 1.29 is 4.79 Å². The van der Waals surface area contributed by atoms with Crippen molar-refractivity contribution >= 4 is 16.9 Å². The van der Waals surface area contributed by atoms with E-state index in [1.54, 1.807) is 18.2 Å². The van der Waals surface area contributed by atoms with Crippen molar-refractivity contribution in [2.24, 2.45) is 0 Å². The van der Waals surface area contributed by atoms with E-state index in [0.29, 0.717) is 23.1 Å². The van der Waals surface area contributed by atoms with Crippen molar-refractivity contribution in [2.75, 3.05) is 6.54 Å². The Kier molecular flexibility index (Phi) is 2.29. The van der Waals surface area contributed by atoms with E-state index in [0.717, 1.165) is 0 Å². The lowest BCUT2D eigenvalue weighted by atomic mass is 10.1. The Morgan fingerprint density at radius 3 is 2.93 bits per heavy atom. The quantitative estimate of drug-likeness (QED) is 0.671. The number of hydrogen-bond donors (Lipinski definition) is 3. The fourth-order valence-corrected chi connectivity index (χ4v) is 1.50. The smallest absolute Gasteiger partial charge is 0.323 e. The number of H-pyrrole nitrogens is 2. The van der Waals surface area contributed by atoms with Crippen molar-refractivity contribution in [2.45, 2.75) is 6.92 Å². The standard InChI is InChI=1S/C10H11N3O2/c1-2-11-9(14)6-4-3-5-7-8(6)13-10(15)12-7/h3-5H,2H2,1H3,(H,11,14)(H2,12,13,15). The maximum absolute atomic E-state index is 11.6. The van der Waals surface area contributed by atoms with Gasteiger partial charge >= 0.3 is 5.69 Å². The van der Waals surface area contributed by atoms with Gasteiger partial charge < -0.3 is 15.3 Å². The number of benzene rings is 1. The summed E-state index contributed by atoms with van der Waals surface area (Å²) in [5.74, 6) is -0.182. The van der Waals surface area contributed by atoms with Crippen LogP contribution >= 0.6 is 0 Å². The van der Waals surface area contributed by atoms with E-state index in [2.05, 4.69) is 15.3 Å². The molecule has 2 aromatic rings. The first kappa shape index (κ1) is 9.51. The lowest BCUT2D eigenvalue weighted by Crippen LogP contribution is -2.22. The Labute approximate surface area is 85.5 Å². The summed E-state index contributed by atoms with van der Waals surface area (Å²) in [6, 6.07) is 5.16. The molecule has 0 aliphatic heterocycles. The molecule has 0 atom stereocenters. The molecule has 1 aromatic heterocycles. The first-order chi connectivity index (χ1) is 7.22. The number of hydrogen-bond acceptors (Lipinski definition) is 2. The zero-order chi connectivity index (χ0) is 10.8. The number of amides is 1. The maximum atomic E-state index is 11.6. The zero-order valence-corrected chi connectivity index (χ0v) is 8.26. The summed E-state index contributed by atoms with van der Waals surface area (Å²) in [5.41, 5.74) is 1.37. The molecular weight excluding hydrogens is 194 g/mol. The molecule has 0 saturated heterocycles. The summed E-state index contributed by atoms with van der Waals surface area (Å²) in [7, 11) is 0. The van der Waals surface area contributed by atoms with Gasteiger partial charge in [0.25, 0.3) is 5.91 Å². The van der Waals surface area contributed by atoms with E-state index in [9.17, 15) is 9.59 Å². The van der Waals surface area contributed by atoms with Gasteiger partial charge in [-0.15, -0.1) is 0 Å². The van der Waals surface area contributed by atoms with Gasteiger partial charge in [0.05, 0.1) is 16.6 Å². The predicted octanol–water partition coefficient (Wildman–Crippen LogP) is 0.606. The van der Waals surface area contributed by atoms with Crippen LogP contribution in [-0.2, 0) is 0 Å². The van der Waals surface area contributed by atoms with E-state index in [4.69, 9.17) is 0 Å². The molecule has 0 saturated carbocycles. The highest BCUT2D eigenvalue weighted by Crippen LogP contribution is 2.12. The van der Waals surface area contributed by atoms with Gasteiger partial charge in [-0.1, -0.05) is 6.07 Å². The van der Waals surface area contributed by atoms with Crippen LogP contribution in [0, 0.1) is 0 Å². The number of aromatic nitrogens is 2. The Balaban J connectivity index is 2.60. The van der Waals surface area contributed by atoms with Gasteiger partial charge in [0.15, 0.2) is 0 Å². The first-order valence-electron chi connectivity index (χ1n) is 4.71. The average Bonchev–Trinajstić information content (AvgIpc) is 2.57. The van der Waals surface area contributed by atoms with Crippen LogP contribution in [0.1, 0.15) is 17.3 Å². The highest BCUT2D eigenvalue weighted by Gasteiger charge is 2.10. The molecule has 1 amide bonds. The lowest BCUT2D eigenvalue weighted by Gasteiger charge is -2.02. The predicted molar refractivity (Wildman–Crippen MR) is 56.9 cm³/mol. The molecule has 1 aromatic carbocycles. The molecule has 0 bridgehead atoms. The van der Waals surface area contributed by atoms with Crippen LogP contribution in [0.15, 0.2) is 23.0 Å². The number of carbonyl (C=O) groups is 1. The second-order valence-corrected chi connectivity index (χ2v) is 3.17. The molecule has 0 fully saturated rings. The van der Waals surface area contributed by atoms with E-state index in [1.807, 2.05) is 6.92 Å². The number of fused-ring (bicyclic) bond motifs is 1. The molecule has 0 unspecified atom stereocenters. The SMILES string of the molecule is CCNC(=O)c1cccc2[nH]c(=O)[nH]c12. The molecule has 2 rings (SSSR count). The van der Waals surface area contributed by atoms with Crippen molar-refractivity contribution in [3.05, 3.63) is 34.2 Å². The van der Waals surface area contributed by atoms with Crippen LogP contribution in [0.2, 0.25) is 0 Å². The summed E-state index contributed by atoms with van der Waals surface area (Å²) in [4.78, 5) is 27.9. The highest BCUT2D eigenvalue weighted by atomic mass is 16.2. The molecule has 15 heavy (non-hydrogen) atoms. The van der Waals surface area contributed by atoms with Crippen LogP contribution in [0.25, 0.3) is 11.0 Å². The van der Waals surface area contributed by atoms with Crippen LogP contribution in [0.4, 0.5) is 0 Å². The fraction of sp³-hybridized carbons (Fsp3) is 0.200. The Morgan fingerprint density at radius 2 is 2.20 bits per heavy atom. The van der Waals surface area contributed by atoms with Gasteiger partial charge in [-0.25, -0.2) is 4.79 Å². The fourth-order valence-electron chi connectivity index (χ4n) is 1.50. The molecule has 0 aliphatic rings. The van der Waals surface area contributed by atoms with Crippen molar-refractivity contribution in [1.29, 1.82) is 0 Å². The highest BCUT2D eigenvalue weighted by molar-refractivity contribution is 6.04. The van der Waals surface area contributed by atoms with Gasteiger partial charge in [0, 0.05) is 6.54 Å². The largest absolute Gasteiger partial charge is 0.352 e.